The molecule has 1 aliphatic heterocycles. The Labute approximate surface area is 123 Å². The van der Waals surface area contributed by atoms with Crippen LogP contribution in [0.5, 0.6) is 0 Å². The highest BCUT2D eigenvalue weighted by atomic mass is 79.9. The molecule has 1 aliphatic rings. The van der Waals surface area contributed by atoms with Crippen LogP contribution >= 0.6 is 15.9 Å². The van der Waals surface area contributed by atoms with Crippen molar-refractivity contribution in [3.63, 3.8) is 0 Å². The molecule has 2 aromatic rings. The van der Waals surface area contributed by atoms with E-state index >= 15 is 0 Å². The number of β-amino-alcohol motifs (C(OH)–C–C–N with tert-alkyl or cyclic N) is 1. The second-order valence-corrected chi connectivity index (χ2v) is 5.47. The maximum absolute atomic E-state index is 10.2. The maximum atomic E-state index is 10.2. The summed E-state index contributed by atoms with van der Waals surface area (Å²) in [6.07, 6.45) is 4.37. The van der Waals surface area contributed by atoms with Gasteiger partial charge in [-0.05, 0) is 22.0 Å². The topological polar surface area (TPSA) is 90.9 Å². The number of nitriles is 1. The van der Waals surface area contributed by atoms with Gasteiger partial charge in [-0.15, -0.1) is 5.10 Å². The average Bonchev–Trinajstić information content (AvgIpc) is 3.07. The predicted octanol–water partition coefficient (Wildman–Crippen LogP) is 0.729. The molecule has 8 heteroatoms. The predicted molar refractivity (Wildman–Crippen MR) is 73.9 cm³/mol. The van der Waals surface area contributed by atoms with Gasteiger partial charge in [-0.25, -0.2) is 9.67 Å². The number of rotatable bonds is 2. The standard InChI is InChI=1S/C12H11BrN6O/c13-9-3-8(4-14)12(15-5-9)18-6-10(11(20)7-18)19-2-1-16-17-19/h1-3,5,10-11,20H,6-7H2/t10-,11-/m1/s1. The minimum atomic E-state index is -0.575. The third kappa shape index (κ3) is 2.26. The first-order chi connectivity index (χ1) is 9.69. The third-order valence-electron chi connectivity index (χ3n) is 3.29. The maximum Gasteiger partial charge on any atom is 0.146 e. The zero-order valence-corrected chi connectivity index (χ0v) is 12.0. The fourth-order valence-electron chi connectivity index (χ4n) is 2.36. The van der Waals surface area contributed by atoms with Crippen LogP contribution in [-0.4, -0.2) is 44.3 Å². The Balaban J connectivity index is 1.89. The lowest BCUT2D eigenvalue weighted by molar-refractivity contribution is 0.144. The quantitative estimate of drug-likeness (QED) is 0.870. The van der Waals surface area contributed by atoms with Crippen LogP contribution in [0.3, 0.4) is 0 Å². The van der Waals surface area contributed by atoms with Crippen molar-refractivity contribution in [3.05, 3.63) is 34.7 Å². The highest BCUT2D eigenvalue weighted by molar-refractivity contribution is 9.10. The van der Waals surface area contributed by atoms with Gasteiger partial charge in [-0.1, -0.05) is 5.21 Å². The van der Waals surface area contributed by atoms with E-state index in [-0.39, 0.29) is 6.04 Å². The lowest BCUT2D eigenvalue weighted by Gasteiger charge is -2.18. The summed E-state index contributed by atoms with van der Waals surface area (Å²) in [6, 6.07) is 3.66. The van der Waals surface area contributed by atoms with E-state index in [4.69, 9.17) is 0 Å². The third-order valence-corrected chi connectivity index (χ3v) is 3.73. The van der Waals surface area contributed by atoms with E-state index in [2.05, 4.69) is 37.3 Å². The molecule has 1 N–H and O–H groups in total. The molecule has 7 nitrogen and oxygen atoms in total. The monoisotopic (exact) mass is 334 g/mol. The SMILES string of the molecule is N#Cc1cc(Br)cnc1N1C[C@@H](O)[C@H](n2ccnn2)C1. The Morgan fingerprint density at radius 1 is 1.45 bits per heavy atom. The fourth-order valence-corrected chi connectivity index (χ4v) is 2.69. The molecule has 2 aromatic heterocycles. The molecule has 1 fully saturated rings. The molecule has 0 aliphatic carbocycles. The van der Waals surface area contributed by atoms with Gasteiger partial charge in [0.2, 0.25) is 0 Å². The zero-order valence-electron chi connectivity index (χ0n) is 10.4. The Hall–Kier alpha value is -1.98. The first kappa shape index (κ1) is 13.0. The first-order valence-electron chi connectivity index (χ1n) is 6.03. The van der Waals surface area contributed by atoms with Crippen LogP contribution in [-0.2, 0) is 0 Å². The number of nitrogens with zero attached hydrogens (tertiary/aromatic N) is 6. The second-order valence-electron chi connectivity index (χ2n) is 4.56. The number of aliphatic hydroxyl groups excluding tert-OH is 1. The van der Waals surface area contributed by atoms with Crippen LogP contribution in [0.25, 0.3) is 0 Å². The van der Waals surface area contributed by atoms with E-state index in [9.17, 15) is 10.4 Å². The Bertz CT molecular complexity index is 652. The van der Waals surface area contributed by atoms with Gasteiger partial charge in [-0.2, -0.15) is 5.26 Å². The van der Waals surface area contributed by atoms with Gasteiger partial charge in [0.05, 0.1) is 23.9 Å². The first-order valence-corrected chi connectivity index (χ1v) is 6.83. The minimum Gasteiger partial charge on any atom is -0.389 e. The van der Waals surface area contributed by atoms with Gasteiger partial charge in [0.1, 0.15) is 11.9 Å². The Morgan fingerprint density at radius 2 is 2.30 bits per heavy atom. The molecule has 3 heterocycles. The number of aromatic nitrogens is 4. The van der Waals surface area contributed by atoms with Crippen LogP contribution < -0.4 is 4.90 Å². The summed E-state index contributed by atoms with van der Waals surface area (Å²) < 4.78 is 2.39. The van der Waals surface area contributed by atoms with Gasteiger partial charge in [0.25, 0.3) is 0 Å². The summed E-state index contributed by atoms with van der Waals surface area (Å²) in [4.78, 5) is 6.17. The lowest BCUT2D eigenvalue weighted by atomic mass is 10.2. The normalized spacial score (nSPS) is 21.9. The van der Waals surface area contributed by atoms with E-state index in [1.807, 2.05) is 4.90 Å². The van der Waals surface area contributed by atoms with E-state index in [1.165, 1.54) is 0 Å². The molecule has 0 radical (unpaired) electrons. The summed E-state index contributed by atoms with van der Waals surface area (Å²) in [7, 11) is 0. The van der Waals surface area contributed by atoms with Gasteiger partial charge in [0, 0.05) is 30.0 Å². The van der Waals surface area contributed by atoms with Gasteiger partial charge in [-0.3, -0.25) is 0 Å². The van der Waals surface area contributed by atoms with Crippen LogP contribution in [0.4, 0.5) is 5.82 Å². The van der Waals surface area contributed by atoms with Crippen molar-refractivity contribution < 1.29 is 5.11 Å². The number of aliphatic hydroxyl groups is 1. The van der Waals surface area contributed by atoms with Crippen LogP contribution in [0, 0.1) is 11.3 Å². The highest BCUT2D eigenvalue weighted by Crippen LogP contribution is 2.28. The van der Waals surface area contributed by atoms with Crippen molar-refractivity contribution in [2.24, 2.45) is 0 Å². The molecule has 20 heavy (non-hydrogen) atoms. The molecule has 2 atom stereocenters. The molecule has 3 rings (SSSR count). The van der Waals surface area contributed by atoms with Crippen molar-refractivity contribution in [1.29, 1.82) is 5.26 Å². The minimum absolute atomic E-state index is 0.186. The summed E-state index contributed by atoms with van der Waals surface area (Å²) in [5.74, 6) is 0.581. The van der Waals surface area contributed by atoms with Gasteiger partial charge < -0.3 is 10.0 Å². The molecule has 1 saturated heterocycles. The smallest absolute Gasteiger partial charge is 0.146 e. The number of hydrogen-bond acceptors (Lipinski definition) is 6. The van der Waals surface area contributed by atoms with Crippen LogP contribution in [0.2, 0.25) is 0 Å². The largest absolute Gasteiger partial charge is 0.389 e. The van der Waals surface area contributed by atoms with Crippen LogP contribution in [0.15, 0.2) is 29.1 Å². The molecule has 0 bridgehead atoms. The lowest BCUT2D eigenvalue weighted by Crippen LogP contribution is -2.23. The molecule has 102 valence electrons. The van der Waals surface area contributed by atoms with E-state index in [0.29, 0.717) is 24.5 Å². The summed E-state index contributed by atoms with van der Waals surface area (Å²) >= 11 is 3.30. The average molecular weight is 335 g/mol. The van der Waals surface area contributed by atoms with Crippen molar-refractivity contribution in [3.8, 4) is 6.07 Å². The highest BCUT2D eigenvalue weighted by Gasteiger charge is 2.34. The molecule has 0 saturated carbocycles. The summed E-state index contributed by atoms with van der Waals surface area (Å²) in [5.41, 5.74) is 0.478. The van der Waals surface area contributed by atoms with Crippen LogP contribution in [0.1, 0.15) is 11.6 Å². The second kappa shape index (κ2) is 5.19. The van der Waals surface area contributed by atoms with E-state index in [1.54, 1.807) is 29.3 Å². The molecule has 0 unspecified atom stereocenters. The summed E-state index contributed by atoms with van der Waals surface area (Å²) in [5, 5.41) is 27.0. The van der Waals surface area contributed by atoms with Crippen molar-refractivity contribution in [2.45, 2.75) is 12.1 Å². The van der Waals surface area contributed by atoms with Gasteiger partial charge in [0.15, 0.2) is 0 Å². The fraction of sp³-hybridized carbons (Fsp3) is 0.333. The number of halogens is 1. The molecule has 0 aromatic carbocycles. The molecular weight excluding hydrogens is 324 g/mol. The Kier molecular flexibility index (Phi) is 3.38. The molecule has 0 spiro atoms. The number of anilines is 1. The van der Waals surface area contributed by atoms with Crippen molar-refractivity contribution in [1.82, 2.24) is 20.0 Å². The van der Waals surface area contributed by atoms with Crippen molar-refractivity contribution in [2.75, 3.05) is 18.0 Å². The van der Waals surface area contributed by atoms with Crippen molar-refractivity contribution >= 4 is 21.7 Å². The van der Waals surface area contributed by atoms with Gasteiger partial charge >= 0.3 is 0 Å². The Morgan fingerprint density at radius 3 is 3.00 bits per heavy atom. The molecule has 0 amide bonds. The van der Waals surface area contributed by atoms with E-state index in [0.717, 1.165) is 4.47 Å². The molecular formula is C12H11BrN6O. The summed E-state index contributed by atoms with van der Waals surface area (Å²) in [6.45, 7) is 0.946. The number of hydrogen-bond donors (Lipinski definition) is 1. The zero-order chi connectivity index (χ0) is 14.1. The number of pyridine rings is 1. The van der Waals surface area contributed by atoms with E-state index < -0.39 is 6.10 Å².